The summed E-state index contributed by atoms with van der Waals surface area (Å²) < 4.78 is 1.46. The highest BCUT2D eigenvalue weighted by atomic mass is 35.5. The van der Waals surface area contributed by atoms with E-state index in [0.717, 1.165) is 5.56 Å². The summed E-state index contributed by atoms with van der Waals surface area (Å²) in [6.07, 6.45) is 0.479. The van der Waals surface area contributed by atoms with E-state index < -0.39 is 5.66 Å². The molecular weight excluding hydrogens is 440 g/mol. The van der Waals surface area contributed by atoms with Crippen LogP contribution < -0.4 is 22.3 Å². The van der Waals surface area contributed by atoms with Gasteiger partial charge in [0.05, 0.1) is 23.5 Å². The monoisotopic (exact) mass is 466 g/mol. The van der Waals surface area contributed by atoms with Crippen molar-refractivity contribution in [2.24, 2.45) is 5.73 Å². The standard InChI is InChI=1S/C24H27ClN6O2/c1-24(2,27)31-22(33)19-14-30(21(32)16-5-9-18(26)10-6-16)12-11-20(19)29-23(31)28-13-15-3-7-17(25)8-4-15/h3-10H,11-14,26-27H2,1-2H3,(H,28,29). The largest absolute Gasteiger partial charge is 0.399 e. The van der Waals surface area contributed by atoms with E-state index in [1.807, 2.05) is 24.3 Å². The van der Waals surface area contributed by atoms with Crippen molar-refractivity contribution in [1.82, 2.24) is 14.5 Å². The lowest BCUT2D eigenvalue weighted by atomic mass is 10.0. The molecule has 0 fully saturated rings. The lowest BCUT2D eigenvalue weighted by molar-refractivity contribution is 0.0732. The number of fused-ring (bicyclic) bond motifs is 1. The predicted molar refractivity (Wildman–Crippen MR) is 130 cm³/mol. The first kappa shape index (κ1) is 22.8. The average molecular weight is 467 g/mol. The van der Waals surface area contributed by atoms with Crippen LogP contribution in [-0.4, -0.2) is 26.9 Å². The maximum atomic E-state index is 13.5. The third-order valence-electron chi connectivity index (χ3n) is 5.61. The minimum Gasteiger partial charge on any atom is -0.399 e. The Kier molecular flexibility index (Phi) is 6.14. The van der Waals surface area contributed by atoms with Gasteiger partial charge in [0.15, 0.2) is 0 Å². The number of hydrogen-bond acceptors (Lipinski definition) is 6. The maximum Gasteiger partial charge on any atom is 0.261 e. The molecule has 0 saturated carbocycles. The number of nitrogen functional groups attached to an aromatic ring is 1. The number of carbonyl (C=O) groups is 1. The molecule has 0 aliphatic carbocycles. The Bertz CT molecular complexity index is 1230. The first-order valence-electron chi connectivity index (χ1n) is 10.7. The zero-order valence-corrected chi connectivity index (χ0v) is 19.4. The second-order valence-electron chi connectivity index (χ2n) is 8.73. The summed E-state index contributed by atoms with van der Waals surface area (Å²) >= 11 is 5.97. The van der Waals surface area contributed by atoms with Crippen LogP contribution in [0.5, 0.6) is 0 Å². The molecule has 1 aliphatic heterocycles. The van der Waals surface area contributed by atoms with Gasteiger partial charge in [0, 0.05) is 35.8 Å². The highest BCUT2D eigenvalue weighted by Gasteiger charge is 2.30. The minimum atomic E-state index is -0.995. The molecule has 1 aliphatic rings. The Hall–Kier alpha value is -3.36. The van der Waals surface area contributed by atoms with Crippen LogP contribution >= 0.6 is 11.6 Å². The molecule has 4 rings (SSSR count). The second kappa shape index (κ2) is 8.88. The number of hydrogen-bond donors (Lipinski definition) is 3. The lowest BCUT2D eigenvalue weighted by Crippen LogP contribution is -2.49. The first-order chi connectivity index (χ1) is 15.6. The summed E-state index contributed by atoms with van der Waals surface area (Å²) in [4.78, 5) is 32.9. The number of rotatable bonds is 5. The molecule has 2 heterocycles. The van der Waals surface area contributed by atoms with Crippen LogP contribution in [0.3, 0.4) is 0 Å². The van der Waals surface area contributed by atoms with E-state index in [1.165, 1.54) is 4.57 Å². The molecule has 0 unspecified atom stereocenters. The number of carbonyl (C=O) groups excluding carboxylic acids is 1. The van der Waals surface area contributed by atoms with Crippen LogP contribution in [0.2, 0.25) is 5.02 Å². The van der Waals surface area contributed by atoms with Crippen LogP contribution in [0.4, 0.5) is 11.6 Å². The van der Waals surface area contributed by atoms with Crippen LogP contribution in [0, 0.1) is 0 Å². The number of aromatic nitrogens is 2. The summed E-state index contributed by atoms with van der Waals surface area (Å²) in [5.74, 6) is 0.253. The van der Waals surface area contributed by atoms with Crippen LogP contribution in [0.1, 0.15) is 41.0 Å². The van der Waals surface area contributed by atoms with Crippen molar-refractivity contribution in [3.05, 3.63) is 86.3 Å². The number of benzene rings is 2. The molecule has 33 heavy (non-hydrogen) atoms. The van der Waals surface area contributed by atoms with Gasteiger partial charge in [0.2, 0.25) is 5.95 Å². The molecule has 8 nitrogen and oxygen atoms in total. The SMILES string of the molecule is CC(C)(N)n1c(NCc2ccc(Cl)cc2)nc2c(c1=O)CN(C(=O)c1ccc(N)cc1)CC2. The Morgan fingerprint density at radius 3 is 2.45 bits per heavy atom. The molecule has 172 valence electrons. The molecule has 9 heteroatoms. The van der Waals surface area contributed by atoms with E-state index in [9.17, 15) is 9.59 Å². The number of nitrogens with zero attached hydrogens (tertiary/aromatic N) is 3. The minimum absolute atomic E-state index is 0.149. The zero-order chi connectivity index (χ0) is 23.8. The zero-order valence-electron chi connectivity index (χ0n) is 18.6. The molecule has 1 aromatic heterocycles. The van der Waals surface area contributed by atoms with Crippen LogP contribution in [-0.2, 0) is 25.2 Å². The highest BCUT2D eigenvalue weighted by molar-refractivity contribution is 6.30. The molecular formula is C24H27ClN6O2. The number of amides is 1. The molecule has 2 aromatic carbocycles. The fraction of sp³-hybridized carbons (Fsp3) is 0.292. The molecule has 1 amide bonds. The van der Waals surface area contributed by atoms with Gasteiger partial charge >= 0.3 is 0 Å². The topological polar surface area (TPSA) is 119 Å². The first-order valence-corrected chi connectivity index (χ1v) is 11.1. The number of halogens is 1. The molecule has 0 spiro atoms. The predicted octanol–water partition coefficient (Wildman–Crippen LogP) is 2.94. The summed E-state index contributed by atoms with van der Waals surface area (Å²) in [5, 5.41) is 3.90. The van der Waals surface area contributed by atoms with Crippen molar-refractivity contribution in [3.8, 4) is 0 Å². The van der Waals surface area contributed by atoms with Gasteiger partial charge in [-0.15, -0.1) is 0 Å². The molecule has 0 saturated heterocycles. The van der Waals surface area contributed by atoms with Gasteiger partial charge in [0.1, 0.15) is 0 Å². The smallest absolute Gasteiger partial charge is 0.261 e. The number of anilines is 2. The van der Waals surface area contributed by atoms with Crippen LogP contribution in [0.25, 0.3) is 0 Å². The van der Waals surface area contributed by atoms with Crippen molar-refractivity contribution in [2.45, 2.75) is 39.0 Å². The summed E-state index contributed by atoms with van der Waals surface area (Å²) in [7, 11) is 0. The third kappa shape index (κ3) is 4.86. The highest BCUT2D eigenvalue weighted by Crippen LogP contribution is 2.22. The van der Waals surface area contributed by atoms with Gasteiger partial charge in [-0.1, -0.05) is 23.7 Å². The molecule has 0 bridgehead atoms. The van der Waals surface area contributed by atoms with E-state index in [-0.39, 0.29) is 18.0 Å². The Labute approximate surface area is 197 Å². The van der Waals surface area contributed by atoms with Gasteiger partial charge < -0.3 is 21.7 Å². The normalized spacial score (nSPS) is 13.5. The van der Waals surface area contributed by atoms with Crippen LogP contribution in [0.15, 0.2) is 53.3 Å². The Balaban J connectivity index is 1.64. The number of nitrogens with one attached hydrogen (secondary N) is 1. The molecule has 0 radical (unpaired) electrons. The molecule has 0 atom stereocenters. The fourth-order valence-electron chi connectivity index (χ4n) is 3.89. The summed E-state index contributed by atoms with van der Waals surface area (Å²) in [6, 6.07) is 14.2. The van der Waals surface area contributed by atoms with Crippen molar-refractivity contribution < 1.29 is 4.79 Å². The van der Waals surface area contributed by atoms with Gasteiger partial charge in [-0.05, 0) is 55.8 Å². The lowest BCUT2D eigenvalue weighted by Gasteiger charge is -2.32. The maximum absolute atomic E-state index is 13.5. The Morgan fingerprint density at radius 1 is 1.15 bits per heavy atom. The van der Waals surface area contributed by atoms with Gasteiger partial charge in [-0.2, -0.15) is 0 Å². The van der Waals surface area contributed by atoms with E-state index in [4.69, 9.17) is 28.1 Å². The average Bonchev–Trinajstić information content (AvgIpc) is 2.77. The van der Waals surface area contributed by atoms with Gasteiger partial charge in [0.25, 0.3) is 11.5 Å². The van der Waals surface area contributed by atoms with E-state index in [2.05, 4.69) is 5.32 Å². The van der Waals surface area contributed by atoms with Gasteiger partial charge in [-0.3, -0.25) is 14.2 Å². The van der Waals surface area contributed by atoms with Crippen molar-refractivity contribution in [1.29, 1.82) is 0 Å². The fourth-order valence-corrected chi connectivity index (χ4v) is 4.02. The molecule has 5 N–H and O–H groups in total. The molecule has 3 aromatic rings. The van der Waals surface area contributed by atoms with Crippen molar-refractivity contribution in [2.75, 3.05) is 17.6 Å². The second-order valence-corrected chi connectivity index (χ2v) is 9.17. The van der Waals surface area contributed by atoms with Crippen molar-refractivity contribution >= 4 is 29.1 Å². The quantitative estimate of drug-likeness (QED) is 0.497. The van der Waals surface area contributed by atoms with E-state index in [1.54, 1.807) is 43.0 Å². The third-order valence-corrected chi connectivity index (χ3v) is 5.87. The summed E-state index contributed by atoms with van der Waals surface area (Å²) in [5.41, 5.74) is 14.1. The van der Waals surface area contributed by atoms with Crippen molar-refractivity contribution in [3.63, 3.8) is 0 Å². The number of nitrogens with two attached hydrogens (primary N) is 2. The Morgan fingerprint density at radius 2 is 1.82 bits per heavy atom. The van der Waals surface area contributed by atoms with E-state index >= 15 is 0 Å². The van der Waals surface area contributed by atoms with Gasteiger partial charge in [-0.25, -0.2) is 4.98 Å². The van der Waals surface area contributed by atoms with E-state index in [0.29, 0.717) is 53.0 Å². The summed E-state index contributed by atoms with van der Waals surface area (Å²) in [6.45, 7) is 4.60.